The lowest BCUT2D eigenvalue weighted by Crippen LogP contribution is -2.63. The number of carboxylic acid groups (broad SMARTS) is 1. The van der Waals surface area contributed by atoms with Crippen molar-refractivity contribution in [3.63, 3.8) is 0 Å². The van der Waals surface area contributed by atoms with E-state index in [2.05, 4.69) is 5.32 Å². The van der Waals surface area contributed by atoms with Gasteiger partial charge in [0.15, 0.2) is 9.84 Å². The topological polar surface area (TPSA) is 113 Å². The smallest absolute Gasteiger partial charge is 0.422 e. The Morgan fingerprint density at radius 2 is 1.90 bits per heavy atom. The van der Waals surface area contributed by atoms with Gasteiger partial charge in [-0.1, -0.05) is 0 Å². The number of carbonyl (C=O) groups is 2. The fourth-order valence-electron chi connectivity index (χ4n) is 1.79. The molecule has 1 aliphatic heterocycles. The fourth-order valence-corrected chi connectivity index (χ4v) is 3.65. The van der Waals surface area contributed by atoms with Crippen LogP contribution in [0.25, 0.3) is 0 Å². The van der Waals surface area contributed by atoms with E-state index < -0.39 is 33.6 Å². The van der Waals surface area contributed by atoms with Gasteiger partial charge in [-0.3, -0.25) is 0 Å². The first-order valence-electron chi connectivity index (χ1n) is 5.94. The lowest BCUT2D eigenvalue weighted by molar-refractivity contribution is -0.203. The minimum atomic E-state index is -5.17. The number of aliphatic carboxylic acids is 1. The number of halogens is 3. The molecule has 1 heterocycles. The monoisotopic (exact) mass is 332 g/mol. The van der Waals surface area contributed by atoms with Crippen LogP contribution < -0.4 is 10.6 Å². The number of sulfone groups is 1. The molecule has 0 bridgehead atoms. The molecule has 122 valence electrons. The molecule has 0 radical (unpaired) electrons. The third kappa shape index (κ3) is 4.22. The van der Waals surface area contributed by atoms with E-state index in [0.717, 1.165) is 0 Å². The minimum Gasteiger partial charge on any atom is -0.479 e. The highest BCUT2D eigenvalue weighted by Gasteiger charge is 2.58. The third-order valence-electron chi connectivity index (χ3n) is 3.24. The molecule has 1 aliphatic rings. The number of urea groups is 1. The SMILES string of the molecule is CC(NC(=O)NCC1CCS(=O)(=O)C1)(C(=O)O)C(F)(F)F. The summed E-state index contributed by atoms with van der Waals surface area (Å²) in [5, 5.41) is 12.0. The average Bonchev–Trinajstić information content (AvgIpc) is 2.64. The second-order valence-electron chi connectivity index (χ2n) is 5.03. The van der Waals surface area contributed by atoms with E-state index >= 15 is 0 Å². The molecule has 2 unspecified atom stereocenters. The molecule has 0 aromatic heterocycles. The maximum atomic E-state index is 12.7. The molecule has 2 atom stereocenters. The highest BCUT2D eigenvalue weighted by molar-refractivity contribution is 7.91. The summed E-state index contributed by atoms with van der Waals surface area (Å²) >= 11 is 0. The van der Waals surface area contributed by atoms with Crippen LogP contribution in [-0.2, 0) is 14.6 Å². The van der Waals surface area contributed by atoms with Crippen LogP contribution in [0.1, 0.15) is 13.3 Å². The summed E-state index contributed by atoms with van der Waals surface area (Å²) in [6.45, 7) is 0.188. The van der Waals surface area contributed by atoms with E-state index in [1.165, 1.54) is 5.32 Å². The average molecular weight is 332 g/mol. The van der Waals surface area contributed by atoms with Gasteiger partial charge in [-0.2, -0.15) is 13.2 Å². The summed E-state index contributed by atoms with van der Waals surface area (Å²) < 4.78 is 60.3. The van der Waals surface area contributed by atoms with E-state index in [1.54, 1.807) is 0 Å². The zero-order valence-corrected chi connectivity index (χ0v) is 11.8. The predicted molar refractivity (Wildman–Crippen MR) is 65.4 cm³/mol. The van der Waals surface area contributed by atoms with Crippen molar-refractivity contribution in [3.8, 4) is 0 Å². The summed E-state index contributed by atoms with van der Waals surface area (Å²) in [6, 6.07) is -1.32. The van der Waals surface area contributed by atoms with Crippen LogP contribution >= 0.6 is 0 Å². The van der Waals surface area contributed by atoms with Crippen molar-refractivity contribution in [2.24, 2.45) is 5.92 Å². The van der Waals surface area contributed by atoms with Crippen molar-refractivity contribution in [2.45, 2.75) is 25.1 Å². The lowest BCUT2D eigenvalue weighted by Gasteiger charge is -2.28. The number of nitrogens with one attached hydrogen (secondary N) is 2. The maximum Gasteiger partial charge on any atom is 0.422 e. The molecule has 0 spiro atoms. The summed E-state index contributed by atoms with van der Waals surface area (Å²) in [5.41, 5.74) is -3.42. The van der Waals surface area contributed by atoms with E-state index in [-0.39, 0.29) is 24.0 Å². The molecule has 1 fully saturated rings. The summed E-state index contributed by atoms with van der Waals surface area (Å²) in [7, 11) is -3.16. The molecule has 1 rings (SSSR count). The molecule has 2 amide bonds. The summed E-state index contributed by atoms with van der Waals surface area (Å²) in [6.07, 6.45) is -4.87. The molecule has 0 aromatic rings. The van der Waals surface area contributed by atoms with Gasteiger partial charge in [0.05, 0.1) is 11.5 Å². The van der Waals surface area contributed by atoms with Gasteiger partial charge in [-0.25, -0.2) is 18.0 Å². The van der Waals surface area contributed by atoms with Gasteiger partial charge in [0.2, 0.25) is 5.54 Å². The van der Waals surface area contributed by atoms with Crippen LogP contribution in [0.2, 0.25) is 0 Å². The number of carbonyl (C=O) groups excluding carboxylic acids is 1. The predicted octanol–water partition coefficient (Wildman–Crippen LogP) is 0.126. The van der Waals surface area contributed by atoms with Crippen molar-refractivity contribution in [3.05, 3.63) is 0 Å². The Labute approximate surface area is 118 Å². The second-order valence-corrected chi connectivity index (χ2v) is 7.26. The van der Waals surface area contributed by atoms with Crippen molar-refractivity contribution < 1.29 is 36.3 Å². The summed E-state index contributed by atoms with van der Waals surface area (Å²) in [5.74, 6) is -2.81. The zero-order valence-electron chi connectivity index (χ0n) is 11.0. The Balaban J connectivity index is 2.59. The van der Waals surface area contributed by atoms with Gasteiger partial charge in [-0.15, -0.1) is 0 Å². The van der Waals surface area contributed by atoms with Crippen molar-refractivity contribution in [2.75, 3.05) is 18.1 Å². The van der Waals surface area contributed by atoms with Gasteiger partial charge < -0.3 is 15.7 Å². The summed E-state index contributed by atoms with van der Waals surface area (Å²) in [4.78, 5) is 22.1. The lowest BCUT2D eigenvalue weighted by atomic mass is 10.0. The van der Waals surface area contributed by atoms with Crippen LogP contribution in [0.5, 0.6) is 0 Å². The van der Waals surface area contributed by atoms with Gasteiger partial charge in [0.1, 0.15) is 0 Å². The second kappa shape index (κ2) is 5.70. The molecule has 1 saturated heterocycles. The van der Waals surface area contributed by atoms with Gasteiger partial charge in [0.25, 0.3) is 0 Å². The number of hydrogen-bond acceptors (Lipinski definition) is 4. The van der Waals surface area contributed by atoms with Crippen LogP contribution in [0, 0.1) is 5.92 Å². The minimum absolute atomic E-state index is 0.0314. The zero-order chi connectivity index (χ0) is 16.5. The number of carboxylic acids is 1. The molecule has 3 N–H and O–H groups in total. The number of rotatable bonds is 4. The largest absolute Gasteiger partial charge is 0.479 e. The van der Waals surface area contributed by atoms with Gasteiger partial charge in [-0.05, 0) is 19.3 Å². The molecular weight excluding hydrogens is 317 g/mol. The molecule has 21 heavy (non-hydrogen) atoms. The molecule has 0 aliphatic carbocycles. The van der Waals surface area contributed by atoms with E-state index in [9.17, 15) is 31.2 Å². The van der Waals surface area contributed by atoms with Crippen molar-refractivity contribution in [1.82, 2.24) is 10.6 Å². The van der Waals surface area contributed by atoms with Gasteiger partial charge >= 0.3 is 18.2 Å². The third-order valence-corrected chi connectivity index (χ3v) is 5.07. The van der Waals surface area contributed by atoms with Crippen LogP contribution in [0.4, 0.5) is 18.0 Å². The first kappa shape index (κ1) is 17.5. The standard InChI is InChI=1S/C10H15F3N2O5S/c1-9(7(16)17,10(11,12)13)15-8(18)14-4-6-2-3-21(19,20)5-6/h6H,2-5H2,1H3,(H,16,17)(H2,14,15,18). The number of alkyl halides is 3. The Morgan fingerprint density at radius 3 is 2.29 bits per heavy atom. The van der Waals surface area contributed by atoms with Crippen LogP contribution in [0.15, 0.2) is 0 Å². The molecule has 0 saturated carbocycles. The van der Waals surface area contributed by atoms with Crippen LogP contribution in [-0.4, -0.2) is 55.3 Å². The Bertz CT molecular complexity index is 533. The molecule has 11 heteroatoms. The van der Waals surface area contributed by atoms with E-state index in [1.807, 2.05) is 0 Å². The van der Waals surface area contributed by atoms with E-state index in [4.69, 9.17) is 5.11 Å². The highest BCUT2D eigenvalue weighted by atomic mass is 32.2. The first-order chi connectivity index (χ1) is 9.37. The van der Waals surface area contributed by atoms with E-state index in [0.29, 0.717) is 13.3 Å². The Kier molecular flexibility index (Phi) is 4.76. The highest BCUT2D eigenvalue weighted by Crippen LogP contribution is 2.30. The first-order valence-corrected chi connectivity index (χ1v) is 7.76. The maximum absolute atomic E-state index is 12.7. The van der Waals surface area contributed by atoms with Crippen molar-refractivity contribution in [1.29, 1.82) is 0 Å². The van der Waals surface area contributed by atoms with Gasteiger partial charge in [0, 0.05) is 6.54 Å². The molecule has 0 aromatic carbocycles. The number of amides is 2. The Hall–Kier alpha value is -1.52. The Morgan fingerprint density at radius 1 is 1.33 bits per heavy atom. The van der Waals surface area contributed by atoms with Crippen molar-refractivity contribution >= 4 is 21.8 Å². The van der Waals surface area contributed by atoms with Crippen LogP contribution in [0.3, 0.4) is 0 Å². The molecular formula is C10H15F3N2O5S. The quantitative estimate of drug-likeness (QED) is 0.677. The normalized spacial score (nSPS) is 24.1. The number of hydrogen-bond donors (Lipinski definition) is 3. The molecule has 7 nitrogen and oxygen atoms in total. The fraction of sp³-hybridized carbons (Fsp3) is 0.800.